The second-order valence-electron chi connectivity index (χ2n) is 7.11. The SMILES string of the molecule is Cc1cn(-c2nccc3[nH]c(-c4n[nH]c5ncc(-c6ccccn6)cc45)cc23)cn1. The summed E-state index contributed by atoms with van der Waals surface area (Å²) >= 11 is 0. The van der Waals surface area contributed by atoms with Crippen molar-refractivity contribution in [2.75, 3.05) is 0 Å². The van der Waals surface area contributed by atoms with E-state index < -0.39 is 0 Å². The van der Waals surface area contributed by atoms with Gasteiger partial charge < -0.3 is 4.98 Å². The number of hydrogen-bond acceptors (Lipinski definition) is 5. The number of aromatic amines is 2. The Morgan fingerprint density at radius 2 is 1.90 bits per heavy atom. The van der Waals surface area contributed by atoms with Crippen LogP contribution in [0.15, 0.2) is 67.5 Å². The molecule has 30 heavy (non-hydrogen) atoms. The number of hydrogen-bond donors (Lipinski definition) is 2. The van der Waals surface area contributed by atoms with E-state index in [0.717, 1.165) is 56.1 Å². The number of rotatable bonds is 3. The van der Waals surface area contributed by atoms with Gasteiger partial charge in [0.1, 0.15) is 17.8 Å². The van der Waals surface area contributed by atoms with E-state index in [1.165, 1.54) is 0 Å². The van der Waals surface area contributed by atoms with Crippen LogP contribution in [0.5, 0.6) is 0 Å². The quantitative estimate of drug-likeness (QED) is 0.473. The minimum Gasteiger partial charge on any atom is -0.353 e. The molecule has 0 spiro atoms. The van der Waals surface area contributed by atoms with Crippen molar-refractivity contribution in [2.45, 2.75) is 6.92 Å². The zero-order valence-corrected chi connectivity index (χ0v) is 16.0. The molecule has 0 atom stereocenters. The number of aromatic nitrogens is 8. The lowest BCUT2D eigenvalue weighted by Gasteiger charge is -2.01. The van der Waals surface area contributed by atoms with Crippen LogP contribution < -0.4 is 0 Å². The molecule has 0 radical (unpaired) electrons. The molecule has 0 saturated heterocycles. The van der Waals surface area contributed by atoms with Gasteiger partial charge in [-0.1, -0.05) is 6.07 Å². The van der Waals surface area contributed by atoms with Gasteiger partial charge in [-0.15, -0.1) is 0 Å². The molecule has 0 saturated carbocycles. The molecule has 2 N–H and O–H groups in total. The third-order valence-electron chi connectivity index (χ3n) is 5.12. The third kappa shape index (κ3) is 2.58. The highest BCUT2D eigenvalue weighted by molar-refractivity contribution is 5.97. The molecule has 6 aromatic heterocycles. The largest absolute Gasteiger partial charge is 0.353 e. The number of pyridine rings is 3. The van der Waals surface area contributed by atoms with Gasteiger partial charge in [-0.3, -0.25) is 14.6 Å². The van der Waals surface area contributed by atoms with Gasteiger partial charge in [0.05, 0.1) is 22.6 Å². The molecule has 6 aromatic rings. The van der Waals surface area contributed by atoms with Gasteiger partial charge in [0.2, 0.25) is 0 Å². The number of aryl methyl sites for hydroxylation is 1. The average molecular weight is 392 g/mol. The van der Waals surface area contributed by atoms with Crippen LogP contribution in [-0.2, 0) is 0 Å². The van der Waals surface area contributed by atoms with E-state index in [9.17, 15) is 0 Å². The van der Waals surface area contributed by atoms with Crippen LogP contribution in [0.2, 0.25) is 0 Å². The van der Waals surface area contributed by atoms with E-state index in [1.807, 2.05) is 42.0 Å². The third-order valence-corrected chi connectivity index (χ3v) is 5.12. The number of fused-ring (bicyclic) bond motifs is 2. The van der Waals surface area contributed by atoms with Crippen molar-refractivity contribution >= 4 is 21.9 Å². The summed E-state index contributed by atoms with van der Waals surface area (Å²) in [7, 11) is 0. The van der Waals surface area contributed by atoms with E-state index in [0.29, 0.717) is 0 Å². The Kier molecular flexibility index (Phi) is 3.51. The smallest absolute Gasteiger partial charge is 0.155 e. The van der Waals surface area contributed by atoms with Gasteiger partial charge >= 0.3 is 0 Å². The standard InChI is InChI=1S/C22H16N8/c1-13-11-30(12-26-13)22-15-9-19(27-18(15)5-7-24-22)20-16-8-14(10-25-21(16)29-28-20)17-4-2-3-6-23-17/h2-12,27H,1H3,(H,25,28,29). The summed E-state index contributed by atoms with van der Waals surface area (Å²) in [6.07, 6.45) is 9.11. The molecule has 6 rings (SSSR count). The van der Waals surface area contributed by atoms with E-state index in [4.69, 9.17) is 0 Å². The van der Waals surface area contributed by atoms with E-state index in [1.54, 1.807) is 24.9 Å². The molecule has 0 unspecified atom stereocenters. The molecule has 0 bridgehead atoms. The van der Waals surface area contributed by atoms with E-state index >= 15 is 0 Å². The van der Waals surface area contributed by atoms with Gasteiger partial charge in [0.15, 0.2) is 5.65 Å². The first kappa shape index (κ1) is 16.6. The Hall–Kier alpha value is -4.33. The highest BCUT2D eigenvalue weighted by Gasteiger charge is 2.15. The van der Waals surface area contributed by atoms with Crippen molar-refractivity contribution in [3.05, 3.63) is 73.2 Å². The fourth-order valence-electron chi connectivity index (χ4n) is 3.69. The molecule has 0 amide bonds. The molecular formula is C22H16N8. The number of nitrogens with one attached hydrogen (secondary N) is 2. The topological polar surface area (TPSA) is 101 Å². The number of imidazole rings is 1. The van der Waals surface area contributed by atoms with Crippen LogP contribution in [0.3, 0.4) is 0 Å². The normalized spacial score (nSPS) is 11.5. The highest BCUT2D eigenvalue weighted by atomic mass is 15.2. The second-order valence-corrected chi connectivity index (χ2v) is 7.11. The van der Waals surface area contributed by atoms with Crippen LogP contribution in [-0.4, -0.2) is 39.7 Å². The molecule has 8 heteroatoms. The van der Waals surface area contributed by atoms with Crippen LogP contribution in [0.1, 0.15) is 5.69 Å². The van der Waals surface area contributed by atoms with Gasteiger partial charge in [-0.05, 0) is 37.3 Å². The summed E-state index contributed by atoms with van der Waals surface area (Å²) < 4.78 is 1.93. The molecule has 6 heterocycles. The summed E-state index contributed by atoms with van der Waals surface area (Å²) in [6, 6.07) is 11.9. The molecule has 0 aliphatic heterocycles. The monoisotopic (exact) mass is 392 g/mol. The Bertz CT molecular complexity index is 1510. The van der Waals surface area contributed by atoms with Crippen molar-refractivity contribution in [2.24, 2.45) is 0 Å². The van der Waals surface area contributed by atoms with Crippen LogP contribution in [0, 0.1) is 6.92 Å². The number of nitrogens with zero attached hydrogens (tertiary/aromatic N) is 6. The predicted octanol–water partition coefficient (Wildman–Crippen LogP) is 4.06. The molecule has 0 aromatic carbocycles. The van der Waals surface area contributed by atoms with Crippen molar-refractivity contribution in [1.82, 2.24) is 39.7 Å². The average Bonchev–Trinajstić information content (AvgIpc) is 3.51. The number of H-pyrrole nitrogens is 2. The van der Waals surface area contributed by atoms with Crippen molar-refractivity contribution in [3.63, 3.8) is 0 Å². The molecule has 144 valence electrons. The first-order valence-electron chi connectivity index (χ1n) is 9.51. The summed E-state index contributed by atoms with van der Waals surface area (Å²) in [4.78, 5) is 21.3. The van der Waals surface area contributed by atoms with Gasteiger partial charge in [0.25, 0.3) is 0 Å². The van der Waals surface area contributed by atoms with Crippen molar-refractivity contribution < 1.29 is 0 Å². The molecule has 0 fully saturated rings. The Balaban J connectivity index is 1.52. The zero-order valence-electron chi connectivity index (χ0n) is 16.0. The predicted molar refractivity (Wildman–Crippen MR) is 114 cm³/mol. The maximum absolute atomic E-state index is 4.56. The fourth-order valence-corrected chi connectivity index (χ4v) is 3.69. The van der Waals surface area contributed by atoms with Gasteiger partial charge in [0, 0.05) is 41.1 Å². The summed E-state index contributed by atoms with van der Waals surface area (Å²) in [6.45, 7) is 1.96. The molecule has 0 aliphatic rings. The van der Waals surface area contributed by atoms with E-state index in [2.05, 4.69) is 47.2 Å². The minimum absolute atomic E-state index is 0.729. The lowest BCUT2D eigenvalue weighted by atomic mass is 10.1. The Morgan fingerprint density at radius 3 is 2.73 bits per heavy atom. The summed E-state index contributed by atoms with van der Waals surface area (Å²) in [5, 5.41) is 9.47. The molecule has 0 aliphatic carbocycles. The first-order chi connectivity index (χ1) is 14.8. The minimum atomic E-state index is 0.729. The fraction of sp³-hybridized carbons (Fsp3) is 0.0455. The lowest BCUT2D eigenvalue weighted by Crippen LogP contribution is -1.94. The van der Waals surface area contributed by atoms with Gasteiger partial charge in [-0.25, -0.2) is 15.0 Å². The van der Waals surface area contributed by atoms with Gasteiger partial charge in [-0.2, -0.15) is 5.10 Å². The van der Waals surface area contributed by atoms with Crippen molar-refractivity contribution in [1.29, 1.82) is 0 Å². The summed E-state index contributed by atoms with van der Waals surface area (Å²) in [5.74, 6) is 0.822. The second kappa shape index (κ2) is 6.35. The van der Waals surface area contributed by atoms with Crippen LogP contribution >= 0.6 is 0 Å². The van der Waals surface area contributed by atoms with E-state index in [-0.39, 0.29) is 0 Å². The maximum Gasteiger partial charge on any atom is 0.155 e. The summed E-state index contributed by atoms with van der Waals surface area (Å²) in [5.41, 5.74) is 6.16. The van der Waals surface area contributed by atoms with Crippen molar-refractivity contribution in [3.8, 4) is 28.5 Å². The Labute approximate surface area is 170 Å². The highest BCUT2D eigenvalue weighted by Crippen LogP contribution is 2.31. The maximum atomic E-state index is 4.56. The first-order valence-corrected chi connectivity index (χ1v) is 9.51. The lowest BCUT2D eigenvalue weighted by molar-refractivity contribution is 1.01. The van der Waals surface area contributed by atoms with Crippen LogP contribution in [0.25, 0.3) is 50.4 Å². The molecule has 8 nitrogen and oxygen atoms in total. The zero-order chi connectivity index (χ0) is 20.1. The molecular weight excluding hydrogens is 376 g/mol. The van der Waals surface area contributed by atoms with Crippen LogP contribution in [0.4, 0.5) is 0 Å². The Morgan fingerprint density at radius 1 is 0.933 bits per heavy atom.